The van der Waals surface area contributed by atoms with Gasteiger partial charge in [0.25, 0.3) is 0 Å². The molecule has 0 N–H and O–H groups in total. The Hall–Kier alpha value is -0.900. The van der Waals surface area contributed by atoms with Crippen molar-refractivity contribution < 1.29 is 4.52 Å². The first-order valence-electron chi connectivity index (χ1n) is 6.62. The number of rotatable bonds is 4. The minimum atomic E-state index is 0.111. The van der Waals surface area contributed by atoms with Crippen LogP contribution in [0, 0.1) is 12.3 Å². The molecule has 0 aliphatic rings. The van der Waals surface area contributed by atoms with Crippen molar-refractivity contribution in [2.75, 3.05) is 6.54 Å². The van der Waals surface area contributed by atoms with E-state index < -0.39 is 0 Å². The van der Waals surface area contributed by atoms with Gasteiger partial charge < -0.3 is 4.52 Å². The molecule has 1 rings (SSSR count). The fraction of sp³-hybridized carbons (Fsp3) is 0.857. The molecule has 0 unspecified atom stereocenters. The summed E-state index contributed by atoms with van der Waals surface area (Å²) in [7, 11) is 0. The number of aryl methyl sites for hydroxylation is 1. The zero-order valence-corrected chi connectivity index (χ0v) is 12.9. The summed E-state index contributed by atoms with van der Waals surface area (Å²) >= 11 is 0. The van der Waals surface area contributed by atoms with Crippen LogP contribution < -0.4 is 0 Å². The Bertz CT molecular complexity index is 371. The summed E-state index contributed by atoms with van der Waals surface area (Å²) in [5.74, 6) is 1.41. The minimum absolute atomic E-state index is 0.111. The van der Waals surface area contributed by atoms with Crippen molar-refractivity contribution in [2.24, 2.45) is 5.41 Å². The maximum atomic E-state index is 5.04. The maximum Gasteiger partial charge on any atom is 0.223 e. The summed E-state index contributed by atoms with van der Waals surface area (Å²) < 4.78 is 5.04. The monoisotopic (exact) mass is 253 g/mol. The van der Waals surface area contributed by atoms with E-state index in [2.05, 4.69) is 56.6 Å². The molecule has 1 aromatic rings. The number of nitrogens with zero attached hydrogens (tertiary/aromatic N) is 3. The average molecular weight is 253 g/mol. The molecule has 1 heterocycles. The molecule has 0 atom stereocenters. The van der Waals surface area contributed by atoms with Crippen LogP contribution in [0.15, 0.2) is 4.52 Å². The number of aromatic nitrogens is 2. The van der Waals surface area contributed by atoms with Crippen molar-refractivity contribution in [1.82, 2.24) is 15.0 Å². The normalized spacial score (nSPS) is 13.3. The van der Waals surface area contributed by atoms with Crippen LogP contribution in [0.4, 0.5) is 0 Å². The van der Waals surface area contributed by atoms with Gasteiger partial charge in [-0.2, -0.15) is 4.98 Å². The Morgan fingerprint density at radius 1 is 1.11 bits per heavy atom. The van der Waals surface area contributed by atoms with Crippen molar-refractivity contribution in [3.05, 3.63) is 11.7 Å². The van der Waals surface area contributed by atoms with E-state index in [4.69, 9.17) is 4.52 Å². The summed E-state index contributed by atoms with van der Waals surface area (Å²) in [6, 6.07) is 0. The highest BCUT2D eigenvalue weighted by molar-refractivity contribution is 4.88. The molecule has 0 fully saturated rings. The van der Waals surface area contributed by atoms with Crippen molar-refractivity contribution >= 4 is 0 Å². The van der Waals surface area contributed by atoms with Crippen LogP contribution in [0.1, 0.15) is 59.7 Å². The summed E-state index contributed by atoms with van der Waals surface area (Å²) in [6.07, 6.45) is 1.15. The molecule has 104 valence electrons. The molecule has 4 heteroatoms. The van der Waals surface area contributed by atoms with Crippen LogP contribution in [-0.2, 0) is 6.54 Å². The van der Waals surface area contributed by atoms with E-state index in [9.17, 15) is 0 Å². The summed E-state index contributed by atoms with van der Waals surface area (Å²) in [5, 5.41) is 3.99. The molecule has 0 aliphatic heterocycles. The first kappa shape index (κ1) is 15.2. The molecule has 0 saturated carbocycles. The van der Waals surface area contributed by atoms with E-state index in [-0.39, 0.29) is 5.54 Å². The molecular formula is C14H27N3O. The van der Waals surface area contributed by atoms with Crippen LogP contribution in [-0.4, -0.2) is 27.1 Å². The van der Waals surface area contributed by atoms with Gasteiger partial charge in [-0.15, -0.1) is 0 Å². The lowest BCUT2D eigenvalue weighted by Gasteiger charge is -2.36. The predicted molar refractivity (Wildman–Crippen MR) is 73.3 cm³/mol. The van der Waals surface area contributed by atoms with Gasteiger partial charge in [0.15, 0.2) is 5.82 Å². The van der Waals surface area contributed by atoms with E-state index in [0.717, 1.165) is 25.3 Å². The SMILES string of the molecule is Cc1nc(CN(CCC(C)(C)C)C(C)(C)C)no1. The van der Waals surface area contributed by atoms with Gasteiger partial charge in [-0.25, -0.2) is 0 Å². The second-order valence-corrected chi connectivity index (χ2v) is 7.13. The molecule has 1 aromatic heterocycles. The van der Waals surface area contributed by atoms with Gasteiger partial charge in [0.2, 0.25) is 5.89 Å². The first-order chi connectivity index (χ1) is 8.08. The molecule has 0 aromatic carbocycles. The second kappa shape index (κ2) is 5.39. The molecule has 4 nitrogen and oxygen atoms in total. The second-order valence-electron chi connectivity index (χ2n) is 7.13. The standard InChI is InChI=1S/C14H27N3O/c1-11-15-12(16-18-11)10-17(14(5,6)7)9-8-13(2,3)4/h8-10H2,1-7H3. The Morgan fingerprint density at radius 2 is 1.72 bits per heavy atom. The van der Waals surface area contributed by atoms with Crippen molar-refractivity contribution in [3.63, 3.8) is 0 Å². The summed E-state index contributed by atoms with van der Waals surface area (Å²) in [5.41, 5.74) is 0.455. The van der Waals surface area contributed by atoms with E-state index >= 15 is 0 Å². The molecular weight excluding hydrogens is 226 g/mol. The first-order valence-corrected chi connectivity index (χ1v) is 6.62. The fourth-order valence-electron chi connectivity index (χ4n) is 1.70. The quantitative estimate of drug-likeness (QED) is 0.824. The van der Waals surface area contributed by atoms with Crippen LogP contribution >= 0.6 is 0 Å². The molecule has 0 saturated heterocycles. The van der Waals surface area contributed by atoms with E-state index in [1.54, 1.807) is 0 Å². The fourth-order valence-corrected chi connectivity index (χ4v) is 1.70. The van der Waals surface area contributed by atoms with Crippen LogP contribution in [0.25, 0.3) is 0 Å². The van der Waals surface area contributed by atoms with E-state index in [0.29, 0.717) is 11.3 Å². The average Bonchev–Trinajstić information content (AvgIpc) is 2.55. The Labute approximate surface area is 111 Å². The molecule has 0 spiro atoms. The smallest absolute Gasteiger partial charge is 0.223 e. The molecule has 0 aliphatic carbocycles. The Balaban J connectivity index is 2.68. The predicted octanol–water partition coefficient (Wildman–Crippen LogP) is 3.41. The van der Waals surface area contributed by atoms with Crippen molar-refractivity contribution in [2.45, 2.75) is 67.0 Å². The zero-order chi connectivity index (χ0) is 14.0. The summed E-state index contributed by atoms with van der Waals surface area (Å²) in [4.78, 5) is 6.69. The molecule has 18 heavy (non-hydrogen) atoms. The van der Waals surface area contributed by atoms with Gasteiger partial charge >= 0.3 is 0 Å². The number of hydrogen-bond donors (Lipinski definition) is 0. The third-order valence-electron chi connectivity index (χ3n) is 2.98. The molecule has 0 bridgehead atoms. The Kier molecular flexibility index (Phi) is 4.54. The third kappa shape index (κ3) is 5.17. The van der Waals surface area contributed by atoms with Gasteiger partial charge in [0, 0.05) is 12.5 Å². The lowest BCUT2D eigenvalue weighted by Crippen LogP contribution is -2.42. The van der Waals surface area contributed by atoms with Gasteiger partial charge in [-0.1, -0.05) is 25.9 Å². The Morgan fingerprint density at radius 3 is 2.11 bits per heavy atom. The van der Waals surface area contributed by atoms with Gasteiger partial charge in [-0.05, 0) is 39.2 Å². The van der Waals surface area contributed by atoms with E-state index in [1.165, 1.54) is 0 Å². The summed E-state index contributed by atoms with van der Waals surface area (Å²) in [6.45, 7) is 17.1. The number of hydrogen-bond acceptors (Lipinski definition) is 4. The van der Waals surface area contributed by atoms with Crippen LogP contribution in [0.5, 0.6) is 0 Å². The topological polar surface area (TPSA) is 42.2 Å². The largest absolute Gasteiger partial charge is 0.340 e. The minimum Gasteiger partial charge on any atom is -0.340 e. The zero-order valence-electron chi connectivity index (χ0n) is 12.9. The van der Waals surface area contributed by atoms with Gasteiger partial charge in [0.05, 0.1) is 6.54 Å². The highest BCUT2D eigenvalue weighted by Crippen LogP contribution is 2.23. The lowest BCUT2D eigenvalue weighted by molar-refractivity contribution is 0.106. The maximum absolute atomic E-state index is 5.04. The molecule has 0 radical (unpaired) electrons. The van der Waals surface area contributed by atoms with Crippen LogP contribution in [0.2, 0.25) is 0 Å². The highest BCUT2D eigenvalue weighted by Gasteiger charge is 2.24. The lowest BCUT2D eigenvalue weighted by atomic mass is 9.91. The van der Waals surface area contributed by atoms with Crippen LogP contribution in [0.3, 0.4) is 0 Å². The van der Waals surface area contributed by atoms with Gasteiger partial charge in [0.1, 0.15) is 0 Å². The third-order valence-corrected chi connectivity index (χ3v) is 2.98. The van der Waals surface area contributed by atoms with Crippen molar-refractivity contribution in [1.29, 1.82) is 0 Å². The van der Waals surface area contributed by atoms with Gasteiger partial charge in [-0.3, -0.25) is 4.90 Å². The highest BCUT2D eigenvalue weighted by atomic mass is 16.5. The molecule has 0 amide bonds. The van der Waals surface area contributed by atoms with Crippen molar-refractivity contribution in [3.8, 4) is 0 Å². The van der Waals surface area contributed by atoms with E-state index in [1.807, 2.05) is 6.92 Å².